The van der Waals surface area contributed by atoms with Crippen molar-refractivity contribution in [2.75, 3.05) is 13.1 Å². The maximum Gasteiger partial charge on any atom is 0.0209 e. The molecule has 0 aliphatic rings. The van der Waals surface area contributed by atoms with Crippen molar-refractivity contribution in [2.45, 2.75) is 27.2 Å². The Morgan fingerprint density at radius 1 is 1.30 bits per heavy atom. The van der Waals surface area contributed by atoms with Crippen LogP contribution in [0, 0.1) is 12.3 Å². The van der Waals surface area contributed by atoms with Crippen molar-refractivity contribution in [1.29, 1.82) is 0 Å². The lowest BCUT2D eigenvalue weighted by molar-refractivity contribution is -0.0813. The van der Waals surface area contributed by atoms with Gasteiger partial charge in [0.1, 0.15) is 0 Å². The molecule has 0 saturated heterocycles. The van der Waals surface area contributed by atoms with Gasteiger partial charge in [0.2, 0.25) is 0 Å². The molecule has 0 amide bonds. The smallest absolute Gasteiger partial charge is 0.0209 e. The summed E-state index contributed by atoms with van der Waals surface area (Å²) in [6, 6.07) is 0. The van der Waals surface area contributed by atoms with E-state index in [4.69, 9.17) is 11.6 Å². The Bertz CT molecular complexity index is 81.7. The Morgan fingerprint density at radius 2 is 1.60 bits per heavy atom. The third-order valence-electron chi connectivity index (χ3n) is 0.934. The number of hydroxylamine groups is 2. The van der Waals surface area contributed by atoms with Crippen molar-refractivity contribution in [2.24, 2.45) is 0 Å². The third kappa shape index (κ3) is 15.6. The van der Waals surface area contributed by atoms with Gasteiger partial charge < -0.3 is 5.21 Å². The molecule has 0 atom stereocenters. The van der Waals surface area contributed by atoms with Crippen LogP contribution in [-0.2, 0) is 0 Å². The standard InChI is InChI=1S/C4H11NO.C4H6/c1-3-5(6)4-2;1-3-4-2/h6H,3-4H2,1-2H3;1H,4H2,2H3. The van der Waals surface area contributed by atoms with Gasteiger partial charge in [-0.25, -0.2) is 0 Å². The predicted octanol–water partition coefficient (Wildman–Crippen LogP) is 1.75. The van der Waals surface area contributed by atoms with Crippen LogP contribution in [0.2, 0.25) is 0 Å². The molecular formula is C8H17NO. The summed E-state index contributed by atoms with van der Waals surface area (Å²) in [5.74, 6) is 2.43. The van der Waals surface area contributed by atoms with E-state index in [-0.39, 0.29) is 0 Å². The minimum absolute atomic E-state index is 0.719. The molecule has 0 rings (SSSR count). The van der Waals surface area contributed by atoms with Crippen LogP contribution in [0.15, 0.2) is 0 Å². The van der Waals surface area contributed by atoms with Crippen molar-refractivity contribution in [3.05, 3.63) is 0 Å². The molecule has 0 aliphatic heterocycles. The molecule has 2 nitrogen and oxygen atoms in total. The average molecular weight is 143 g/mol. The van der Waals surface area contributed by atoms with E-state index in [0.717, 1.165) is 19.5 Å². The summed E-state index contributed by atoms with van der Waals surface area (Å²) in [4.78, 5) is 0. The topological polar surface area (TPSA) is 23.5 Å². The van der Waals surface area contributed by atoms with Gasteiger partial charge in [-0.3, -0.25) is 0 Å². The summed E-state index contributed by atoms with van der Waals surface area (Å²) in [6.45, 7) is 7.19. The van der Waals surface area contributed by atoms with E-state index in [1.807, 2.05) is 20.8 Å². The molecule has 0 spiro atoms. The molecule has 0 aliphatic carbocycles. The Balaban J connectivity index is 0. The van der Waals surface area contributed by atoms with E-state index in [9.17, 15) is 0 Å². The fourth-order valence-electron chi connectivity index (χ4n) is 0.224. The molecule has 0 fully saturated rings. The van der Waals surface area contributed by atoms with Crippen molar-refractivity contribution in [1.82, 2.24) is 5.06 Å². The van der Waals surface area contributed by atoms with Gasteiger partial charge >= 0.3 is 0 Å². The molecular weight excluding hydrogens is 126 g/mol. The van der Waals surface area contributed by atoms with Crippen LogP contribution in [0.5, 0.6) is 0 Å². The van der Waals surface area contributed by atoms with Crippen LogP contribution in [-0.4, -0.2) is 23.4 Å². The van der Waals surface area contributed by atoms with Crippen LogP contribution in [0.4, 0.5) is 0 Å². The monoisotopic (exact) mass is 143 g/mol. The van der Waals surface area contributed by atoms with Gasteiger partial charge in [-0.1, -0.05) is 20.8 Å². The molecule has 0 aromatic carbocycles. The van der Waals surface area contributed by atoms with Crippen LogP contribution >= 0.6 is 0 Å². The summed E-state index contributed by atoms with van der Waals surface area (Å²) >= 11 is 0. The molecule has 0 saturated carbocycles. The van der Waals surface area contributed by atoms with Gasteiger partial charge in [0.15, 0.2) is 0 Å². The quantitative estimate of drug-likeness (QED) is 0.470. The lowest BCUT2D eigenvalue weighted by Crippen LogP contribution is -2.16. The number of terminal acetylenes is 1. The molecule has 10 heavy (non-hydrogen) atoms. The molecule has 0 radical (unpaired) electrons. The minimum Gasteiger partial charge on any atom is -0.314 e. The summed E-state index contributed by atoms with van der Waals surface area (Å²) < 4.78 is 0. The lowest BCUT2D eigenvalue weighted by Gasteiger charge is -2.05. The first-order valence-corrected chi connectivity index (χ1v) is 3.60. The van der Waals surface area contributed by atoms with E-state index in [1.54, 1.807) is 0 Å². The number of hydrogen-bond acceptors (Lipinski definition) is 2. The highest BCUT2D eigenvalue weighted by Crippen LogP contribution is 1.73. The maximum atomic E-state index is 8.50. The fourth-order valence-corrected chi connectivity index (χ4v) is 0.224. The van der Waals surface area contributed by atoms with Gasteiger partial charge in [-0.15, -0.1) is 12.3 Å². The SMILES string of the molecule is C#CCC.CCN(O)CC. The molecule has 0 heterocycles. The zero-order chi connectivity index (χ0) is 8.41. The normalized spacial score (nSPS) is 8.00. The second kappa shape index (κ2) is 11.3. The van der Waals surface area contributed by atoms with Crippen LogP contribution in [0.3, 0.4) is 0 Å². The van der Waals surface area contributed by atoms with E-state index < -0.39 is 0 Å². The van der Waals surface area contributed by atoms with E-state index in [2.05, 4.69) is 5.92 Å². The predicted molar refractivity (Wildman–Crippen MR) is 43.8 cm³/mol. The first-order valence-electron chi connectivity index (χ1n) is 3.60. The van der Waals surface area contributed by atoms with E-state index in [1.165, 1.54) is 5.06 Å². The minimum atomic E-state index is 0.719. The number of hydrogen-bond donors (Lipinski definition) is 1. The second-order valence-corrected chi connectivity index (χ2v) is 1.70. The first-order chi connectivity index (χ1) is 4.72. The Hall–Kier alpha value is -0.520. The summed E-state index contributed by atoms with van der Waals surface area (Å²) in [6.07, 6.45) is 5.62. The average Bonchev–Trinajstić information content (AvgIpc) is 2.03. The highest BCUT2D eigenvalue weighted by molar-refractivity contribution is 4.80. The number of nitrogens with zero attached hydrogens (tertiary/aromatic N) is 1. The van der Waals surface area contributed by atoms with Gasteiger partial charge in [0, 0.05) is 19.5 Å². The zero-order valence-electron chi connectivity index (χ0n) is 7.09. The Morgan fingerprint density at radius 3 is 1.60 bits per heavy atom. The van der Waals surface area contributed by atoms with Crippen LogP contribution in [0.25, 0.3) is 0 Å². The fraction of sp³-hybridized carbons (Fsp3) is 0.750. The molecule has 0 aromatic heterocycles. The molecule has 1 N–H and O–H groups in total. The molecule has 0 bridgehead atoms. The van der Waals surface area contributed by atoms with E-state index in [0.29, 0.717) is 0 Å². The highest BCUT2D eigenvalue weighted by atomic mass is 16.5. The zero-order valence-corrected chi connectivity index (χ0v) is 7.09. The number of rotatable bonds is 2. The van der Waals surface area contributed by atoms with Crippen molar-refractivity contribution >= 4 is 0 Å². The van der Waals surface area contributed by atoms with Crippen LogP contribution in [0.1, 0.15) is 27.2 Å². The van der Waals surface area contributed by atoms with Gasteiger partial charge in [0.05, 0.1) is 0 Å². The van der Waals surface area contributed by atoms with Crippen LogP contribution < -0.4 is 0 Å². The van der Waals surface area contributed by atoms with Crippen molar-refractivity contribution < 1.29 is 5.21 Å². The summed E-state index contributed by atoms with van der Waals surface area (Å²) in [5.41, 5.74) is 0. The first kappa shape index (κ1) is 12.2. The van der Waals surface area contributed by atoms with Crippen molar-refractivity contribution in [3.8, 4) is 12.3 Å². The summed E-state index contributed by atoms with van der Waals surface area (Å²) in [5, 5.41) is 9.75. The van der Waals surface area contributed by atoms with Gasteiger partial charge in [-0.2, -0.15) is 5.06 Å². The Kier molecular flexibility index (Phi) is 13.8. The molecule has 0 aromatic rings. The lowest BCUT2D eigenvalue weighted by atomic mass is 10.5. The molecule has 0 unspecified atom stereocenters. The molecule has 60 valence electrons. The van der Waals surface area contributed by atoms with Gasteiger partial charge in [-0.05, 0) is 0 Å². The third-order valence-corrected chi connectivity index (χ3v) is 0.934. The van der Waals surface area contributed by atoms with E-state index >= 15 is 0 Å². The Labute approximate surface area is 63.8 Å². The second-order valence-electron chi connectivity index (χ2n) is 1.70. The maximum absolute atomic E-state index is 8.50. The van der Waals surface area contributed by atoms with Crippen molar-refractivity contribution in [3.63, 3.8) is 0 Å². The summed E-state index contributed by atoms with van der Waals surface area (Å²) in [7, 11) is 0. The highest BCUT2D eigenvalue weighted by Gasteiger charge is 1.84. The molecule has 2 heteroatoms. The largest absolute Gasteiger partial charge is 0.314 e. The van der Waals surface area contributed by atoms with Gasteiger partial charge in [0.25, 0.3) is 0 Å².